The lowest BCUT2D eigenvalue weighted by Crippen LogP contribution is -2.52. The number of likely N-dealkylation sites (tertiary alicyclic amines) is 1. The molecule has 0 saturated carbocycles. The van der Waals surface area contributed by atoms with Crippen molar-refractivity contribution in [3.8, 4) is 0 Å². The molecule has 2 fully saturated rings. The molecule has 0 aromatic heterocycles. The van der Waals surface area contributed by atoms with Crippen LogP contribution in [0, 0.1) is 0 Å². The maximum atomic E-state index is 10.9. The van der Waals surface area contributed by atoms with Crippen LogP contribution in [0.4, 0.5) is 0 Å². The van der Waals surface area contributed by atoms with E-state index in [0.29, 0.717) is 19.1 Å². The van der Waals surface area contributed by atoms with Gasteiger partial charge in [-0.15, -0.1) is 0 Å². The summed E-state index contributed by atoms with van der Waals surface area (Å²) >= 11 is 0. The van der Waals surface area contributed by atoms with Crippen molar-refractivity contribution in [2.75, 3.05) is 45.8 Å². The van der Waals surface area contributed by atoms with E-state index in [1.54, 1.807) is 4.31 Å². The van der Waals surface area contributed by atoms with Crippen LogP contribution in [0.1, 0.15) is 19.8 Å². The molecule has 0 bridgehead atoms. The highest BCUT2D eigenvalue weighted by Gasteiger charge is 2.27. The van der Waals surface area contributed by atoms with Crippen molar-refractivity contribution >= 4 is 10.9 Å². The van der Waals surface area contributed by atoms with Gasteiger partial charge in [-0.05, 0) is 32.5 Å². The lowest BCUT2D eigenvalue weighted by atomic mass is 10.0. The van der Waals surface area contributed by atoms with Gasteiger partial charge in [-0.25, -0.2) is 12.7 Å². The van der Waals surface area contributed by atoms with Crippen LogP contribution in [-0.4, -0.2) is 74.4 Å². The van der Waals surface area contributed by atoms with E-state index in [-0.39, 0.29) is 0 Å². The van der Waals surface area contributed by atoms with Crippen molar-refractivity contribution in [2.45, 2.75) is 25.8 Å². The van der Waals surface area contributed by atoms with Gasteiger partial charge < -0.3 is 4.90 Å². The Bertz CT molecular complexity index is 298. The molecule has 0 aromatic rings. The Morgan fingerprint density at radius 1 is 1.00 bits per heavy atom. The fourth-order valence-electron chi connectivity index (χ4n) is 2.84. The summed E-state index contributed by atoms with van der Waals surface area (Å²) in [6.07, 6.45) is 2.47. The zero-order valence-electron chi connectivity index (χ0n) is 10.5. The Labute approximate surface area is 105 Å². The zero-order chi connectivity index (χ0) is 12.3. The summed E-state index contributed by atoms with van der Waals surface area (Å²) in [7, 11) is -2.37. The van der Waals surface area contributed by atoms with Crippen LogP contribution in [0.2, 0.25) is 0 Å². The molecule has 17 heavy (non-hydrogen) atoms. The van der Waals surface area contributed by atoms with Crippen molar-refractivity contribution < 1.29 is 8.42 Å². The lowest BCUT2D eigenvalue weighted by molar-refractivity contribution is 0.0837. The van der Waals surface area contributed by atoms with Crippen molar-refractivity contribution in [1.29, 1.82) is 0 Å². The molecule has 0 unspecified atom stereocenters. The molecule has 2 rings (SSSR count). The largest absolute Gasteiger partial charge is 0.303 e. The van der Waals surface area contributed by atoms with Gasteiger partial charge in [-0.3, -0.25) is 4.90 Å². The Morgan fingerprint density at radius 2 is 1.59 bits per heavy atom. The molecule has 0 amide bonds. The minimum absolute atomic E-state index is 0.671. The zero-order valence-corrected chi connectivity index (χ0v) is 11.4. The van der Waals surface area contributed by atoms with Crippen LogP contribution < -0.4 is 0 Å². The molecule has 100 valence electrons. The third kappa shape index (κ3) is 3.40. The molecule has 2 heterocycles. The summed E-state index contributed by atoms with van der Waals surface area (Å²) < 4.78 is 23.3. The van der Waals surface area contributed by atoms with Gasteiger partial charge in [0.15, 0.2) is 0 Å². The minimum atomic E-state index is -2.37. The summed E-state index contributed by atoms with van der Waals surface area (Å²) in [5, 5.41) is 0. The number of hydrogen-bond acceptors (Lipinski definition) is 4. The molecule has 6 heteroatoms. The summed E-state index contributed by atoms with van der Waals surface area (Å²) in [4.78, 5) is 4.96. The number of piperidine rings is 1. The molecule has 5 nitrogen and oxygen atoms in total. The van der Waals surface area contributed by atoms with Crippen LogP contribution in [0.5, 0.6) is 0 Å². The number of rotatable bonds is 3. The van der Waals surface area contributed by atoms with E-state index < -0.39 is 10.9 Å². The maximum Gasteiger partial charge on any atom is 0.204 e. The second-order valence-electron chi connectivity index (χ2n) is 4.89. The first-order valence-electron chi connectivity index (χ1n) is 6.56. The van der Waals surface area contributed by atoms with Gasteiger partial charge in [0, 0.05) is 32.2 Å². The van der Waals surface area contributed by atoms with Gasteiger partial charge >= 0.3 is 0 Å². The second kappa shape index (κ2) is 6.13. The van der Waals surface area contributed by atoms with Crippen molar-refractivity contribution in [3.05, 3.63) is 0 Å². The topological polar surface area (TPSA) is 43.9 Å². The number of thiol groups is 1. The van der Waals surface area contributed by atoms with Gasteiger partial charge in [-0.1, -0.05) is 6.92 Å². The van der Waals surface area contributed by atoms with E-state index >= 15 is 0 Å². The van der Waals surface area contributed by atoms with E-state index in [9.17, 15) is 8.42 Å². The fraction of sp³-hybridized carbons (Fsp3) is 1.00. The van der Waals surface area contributed by atoms with Gasteiger partial charge in [0.05, 0.1) is 0 Å². The molecule has 0 aromatic carbocycles. The standard InChI is InChI=1S/C11H23N3O2S/c1-2-12-5-3-11(4-6-12)13-7-9-14(10-8-13)17(15)16/h11,17H,2-10H2,1H3. The highest BCUT2D eigenvalue weighted by Crippen LogP contribution is 2.17. The quantitative estimate of drug-likeness (QED) is 0.703. The second-order valence-corrected chi connectivity index (χ2v) is 5.93. The average Bonchev–Trinajstić information content (AvgIpc) is 2.39. The van der Waals surface area contributed by atoms with Gasteiger partial charge in [-0.2, -0.15) is 0 Å². The minimum Gasteiger partial charge on any atom is -0.303 e. The monoisotopic (exact) mass is 261 g/mol. The normalized spacial score (nSPS) is 26.7. The summed E-state index contributed by atoms with van der Waals surface area (Å²) in [5.74, 6) is 0. The predicted molar refractivity (Wildman–Crippen MR) is 68.6 cm³/mol. The highest BCUT2D eigenvalue weighted by atomic mass is 32.2. The SMILES string of the molecule is CCN1CCC(N2CCN([SH](=O)=O)CC2)CC1. The number of piperazine rings is 1. The van der Waals surface area contributed by atoms with Crippen molar-refractivity contribution in [2.24, 2.45) is 0 Å². The van der Waals surface area contributed by atoms with Crippen LogP contribution in [0.25, 0.3) is 0 Å². The molecule has 0 spiro atoms. The van der Waals surface area contributed by atoms with Gasteiger partial charge in [0.25, 0.3) is 0 Å². The third-order valence-electron chi connectivity index (χ3n) is 4.04. The summed E-state index contributed by atoms with van der Waals surface area (Å²) in [5.41, 5.74) is 0. The van der Waals surface area contributed by atoms with E-state index in [1.165, 1.54) is 25.9 Å². The first-order chi connectivity index (χ1) is 8.20. The lowest BCUT2D eigenvalue weighted by Gasteiger charge is -2.41. The smallest absolute Gasteiger partial charge is 0.204 e. The van der Waals surface area contributed by atoms with Gasteiger partial charge in [0.2, 0.25) is 10.9 Å². The Balaban J connectivity index is 1.78. The molecular weight excluding hydrogens is 238 g/mol. The van der Waals surface area contributed by atoms with E-state index in [0.717, 1.165) is 19.6 Å². The van der Waals surface area contributed by atoms with E-state index in [1.807, 2.05) is 0 Å². The molecule has 0 atom stereocenters. The van der Waals surface area contributed by atoms with E-state index in [4.69, 9.17) is 0 Å². The molecule has 0 radical (unpaired) electrons. The molecular formula is C11H23N3O2S. The maximum absolute atomic E-state index is 10.9. The Hall–Kier alpha value is -0.170. The van der Waals surface area contributed by atoms with Crippen LogP contribution in [0.15, 0.2) is 0 Å². The number of nitrogens with zero attached hydrogens (tertiary/aromatic N) is 3. The first kappa shape index (κ1) is 13.3. The summed E-state index contributed by atoms with van der Waals surface area (Å²) in [6.45, 7) is 8.90. The molecule has 2 aliphatic heterocycles. The molecule has 2 saturated heterocycles. The summed E-state index contributed by atoms with van der Waals surface area (Å²) in [6, 6.07) is 0.671. The first-order valence-corrected chi connectivity index (χ1v) is 7.69. The van der Waals surface area contributed by atoms with Crippen molar-refractivity contribution in [3.63, 3.8) is 0 Å². The molecule has 0 aliphatic carbocycles. The Morgan fingerprint density at radius 3 is 2.06 bits per heavy atom. The average molecular weight is 261 g/mol. The van der Waals surface area contributed by atoms with Crippen LogP contribution >= 0.6 is 0 Å². The van der Waals surface area contributed by atoms with Gasteiger partial charge in [0.1, 0.15) is 0 Å². The highest BCUT2D eigenvalue weighted by molar-refractivity contribution is 7.69. The Kier molecular flexibility index (Phi) is 4.78. The van der Waals surface area contributed by atoms with Crippen LogP contribution in [0.3, 0.4) is 0 Å². The molecule has 0 N–H and O–H groups in total. The third-order valence-corrected chi connectivity index (χ3v) is 4.90. The molecule has 2 aliphatic rings. The van der Waals surface area contributed by atoms with E-state index in [2.05, 4.69) is 16.7 Å². The van der Waals surface area contributed by atoms with Crippen LogP contribution in [-0.2, 0) is 10.9 Å². The number of hydrogen-bond donors (Lipinski definition) is 1. The van der Waals surface area contributed by atoms with Crippen molar-refractivity contribution in [1.82, 2.24) is 14.1 Å². The fourth-order valence-corrected chi connectivity index (χ4v) is 3.35. The predicted octanol–water partition coefficient (Wildman–Crippen LogP) is -0.385.